The van der Waals surface area contributed by atoms with Gasteiger partial charge in [-0.3, -0.25) is 0 Å². The minimum atomic E-state index is 0.462. The summed E-state index contributed by atoms with van der Waals surface area (Å²) in [7, 11) is 0. The van der Waals surface area contributed by atoms with E-state index in [0.29, 0.717) is 6.10 Å². The summed E-state index contributed by atoms with van der Waals surface area (Å²) in [6.45, 7) is 7.77. The van der Waals surface area contributed by atoms with Crippen LogP contribution < -0.4 is 5.32 Å². The summed E-state index contributed by atoms with van der Waals surface area (Å²) in [6.07, 6.45) is 11.3. The standard InChI is InChI=1S/C15H31NO/c1-3-4-5-6-7-8-9-12-17-15-13-16-11-10-14(15)2/h14-16H,3-13H2,1-2H3. The van der Waals surface area contributed by atoms with Gasteiger partial charge in [0.25, 0.3) is 0 Å². The number of hydrogen-bond donors (Lipinski definition) is 1. The molecule has 2 atom stereocenters. The molecule has 1 aliphatic rings. The maximum Gasteiger partial charge on any atom is 0.0725 e. The zero-order valence-corrected chi connectivity index (χ0v) is 11.8. The molecular formula is C15H31NO. The molecule has 0 aromatic rings. The summed E-state index contributed by atoms with van der Waals surface area (Å²) in [4.78, 5) is 0. The third kappa shape index (κ3) is 7.05. The summed E-state index contributed by atoms with van der Waals surface area (Å²) in [6, 6.07) is 0. The van der Waals surface area contributed by atoms with Crippen molar-refractivity contribution in [1.29, 1.82) is 0 Å². The quantitative estimate of drug-likeness (QED) is 0.621. The van der Waals surface area contributed by atoms with E-state index in [2.05, 4.69) is 19.2 Å². The molecule has 0 spiro atoms. The second-order valence-corrected chi connectivity index (χ2v) is 5.50. The molecule has 0 aliphatic carbocycles. The molecule has 1 aliphatic heterocycles. The van der Waals surface area contributed by atoms with Crippen molar-refractivity contribution in [2.45, 2.75) is 71.3 Å². The molecule has 1 rings (SSSR count). The Labute approximate surface area is 108 Å². The van der Waals surface area contributed by atoms with E-state index in [0.717, 1.165) is 19.1 Å². The Morgan fingerprint density at radius 1 is 1.06 bits per heavy atom. The van der Waals surface area contributed by atoms with Crippen molar-refractivity contribution < 1.29 is 4.74 Å². The van der Waals surface area contributed by atoms with Gasteiger partial charge in [-0.1, -0.05) is 52.4 Å². The second-order valence-electron chi connectivity index (χ2n) is 5.50. The molecule has 0 amide bonds. The molecule has 0 bridgehead atoms. The van der Waals surface area contributed by atoms with E-state index < -0.39 is 0 Å². The van der Waals surface area contributed by atoms with Crippen molar-refractivity contribution in [1.82, 2.24) is 5.32 Å². The van der Waals surface area contributed by atoms with Crippen LogP contribution in [0.5, 0.6) is 0 Å². The normalized spacial score (nSPS) is 25.1. The largest absolute Gasteiger partial charge is 0.377 e. The van der Waals surface area contributed by atoms with Crippen LogP contribution in [-0.4, -0.2) is 25.8 Å². The van der Waals surface area contributed by atoms with Crippen LogP contribution in [0.25, 0.3) is 0 Å². The first-order valence-electron chi connectivity index (χ1n) is 7.67. The fourth-order valence-electron chi connectivity index (χ4n) is 2.48. The number of hydrogen-bond acceptors (Lipinski definition) is 2. The van der Waals surface area contributed by atoms with Crippen molar-refractivity contribution in [2.24, 2.45) is 5.92 Å². The van der Waals surface area contributed by atoms with Gasteiger partial charge in [-0.25, -0.2) is 0 Å². The molecule has 2 nitrogen and oxygen atoms in total. The van der Waals surface area contributed by atoms with Crippen LogP contribution >= 0.6 is 0 Å². The third-order valence-electron chi connectivity index (χ3n) is 3.84. The minimum Gasteiger partial charge on any atom is -0.377 e. The molecule has 1 fully saturated rings. The summed E-state index contributed by atoms with van der Waals surface area (Å²) >= 11 is 0. The van der Waals surface area contributed by atoms with Crippen LogP contribution in [0.15, 0.2) is 0 Å². The maximum atomic E-state index is 5.96. The van der Waals surface area contributed by atoms with E-state index >= 15 is 0 Å². The van der Waals surface area contributed by atoms with Gasteiger partial charge in [-0.05, 0) is 25.3 Å². The van der Waals surface area contributed by atoms with Crippen LogP contribution in [-0.2, 0) is 4.74 Å². The van der Waals surface area contributed by atoms with Gasteiger partial charge in [0.1, 0.15) is 0 Å². The Morgan fingerprint density at radius 2 is 1.76 bits per heavy atom. The summed E-state index contributed by atoms with van der Waals surface area (Å²) < 4.78 is 5.96. The molecule has 17 heavy (non-hydrogen) atoms. The molecule has 1 saturated heterocycles. The lowest BCUT2D eigenvalue weighted by Gasteiger charge is -2.29. The highest BCUT2D eigenvalue weighted by Gasteiger charge is 2.20. The lowest BCUT2D eigenvalue weighted by molar-refractivity contribution is 0.00236. The highest BCUT2D eigenvalue weighted by Crippen LogP contribution is 2.15. The molecule has 102 valence electrons. The first-order valence-corrected chi connectivity index (χ1v) is 7.67. The average molecular weight is 241 g/mol. The van der Waals surface area contributed by atoms with E-state index in [1.165, 1.54) is 57.9 Å². The number of nitrogens with one attached hydrogen (secondary N) is 1. The summed E-state index contributed by atoms with van der Waals surface area (Å²) in [5, 5.41) is 3.42. The fraction of sp³-hybridized carbons (Fsp3) is 1.00. The van der Waals surface area contributed by atoms with Gasteiger partial charge in [-0.2, -0.15) is 0 Å². The Bertz CT molecular complexity index is 172. The smallest absolute Gasteiger partial charge is 0.0725 e. The number of rotatable bonds is 9. The highest BCUT2D eigenvalue weighted by molar-refractivity contribution is 4.75. The predicted octanol–water partition coefficient (Wildman–Crippen LogP) is 3.75. The average Bonchev–Trinajstić information content (AvgIpc) is 2.35. The number of unbranched alkanes of at least 4 members (excludes halogenated alkanes) is 6. The molecule has 0 radical (unpaired) electrons. The second kappa shape index (κ2) is 9.90. The van der Waals surface area contributed by atoms with Crippen molar-refractivity contribution in [3.05, 3.63) is 0 Å². The Morgan fingerprint density at radius 3 is 2.47 bits per heavy atom. The first-order chi connectivity index (χ1) is 8.34. The Balaban J connectivity index is 1.86. The highest BCUT2D eigenvalue weighted by atomic mass is 16.5. The molecule has 0 saturated carbocycles. The van der Waals surface area contributed by atoms with Crippen LogP contribution in [0.4, 0.5) is 0 Å². The van der Waals surface area contributed by atoms with Gasteiger partial charge in [0.2, 0.25) is 0 Å². The monoisotopic (exact) mass is 241 g/mol. The van der Waals surface area contributed by atoms with Crippen molar-refractivity contribution in [3.8, 4) is 0 Å². The van der Waals surface area contributed by atoms with Gasteiger partial charge < -0.3 is 10.1 Å². The Kier molecular flexibility index (Phi) is 8.72. The van der Waals surface area contributed by atoms with Gasteiger partial charge in [0.05, 0.1) is 6.10 Å². The zero-order valence-electron chi connectivity index (χ0n) is 11.8. The summed E-state index contributed by atoms with van der Waals surface area (Å²) in [5.74, 6) is 0.737. The summed E-state index contributed by atoms with van der Waals surface area (Å²) in [5.41, 5.74) is 0. The van der Waals surface area contributed by atoms with Gasteiger partial charge in [0, 0.05) is 13.2 Å². The van der Waals surface area contributed by atoms with Crippen molar-refractivity contribution >= 4 is 0 Å². The van der Waals surface area contributed by atoms with E-state index in [-0.39, 0.29) is 0 Å². The van der Waals surface area contributed by atoms with E-state index in [4.69, 9.17) is 4.74 Å². The van der Waals surface area contributed by atoms with E-state index in [1.807, 2.05) is 0 Å². The van der Waals surface area contributed by atoms with Crippen molar-refractivity contribution in [3.63, 3.8) is 0 Å². The molecular weight excluding hydrogens is 210 g/mol. The zero-order chi connectivity index (χ0) is 12.3. The maximum absolute atomic E-state index is 5.96. The number of ether oxygens (including phenoxy) is 1. The lowest BCUT2D eigenvalue weighted by atomic mass is 9.97. The predicted molar refractivity (Wildman–Crippen MR) is 74.4 cm³/mol. The SMILES string of the molecule is CCCCCCCCCOC1CNCCC1C. The van der Waals surface area contributed by atoms with E-state index in [1.54, 1.807) is 0 Å². The third-order valence-corrected chi connectivity index (χ3v) is 3.84. The lowest BCUT2D eigenvalue weighted by Crippen LogP contribution is -2.41. The van der Waals surface area contributed by atoms with Crippen LogP contribution in [0.3, 0.4) is 0 Å². The van der Waals surface area contributed by atoms with Gasteiger partial charge in [0.15, 0.2) is 0 Å². The fourth-order valence-corrected chi connectivity index (χ4v) is 2.48. The molecule has 1 heterocycles. The Hall–Kier alpha value is -0.0800. The van der Waals surface area contributed by atoms with Crippen LogP contribution in [0.1, 0.15) is 65.2 Å². The van der Waals surface area contributed by atoms with Crippen LogP contribution in [0.2, 0.25) is 0 Å². The van der Waals surface area contributed by atoms with Gasteiger partial charge >= 0.3 is 0 Å². The first kappa shape index (κ1) is 15.0. The van der Waals surface area contributed by atoms with E-state index in [9.17, 15) is 0 Å². The molecule has 2 unspecified atom stereocenters. The van der Waals surface area contributed by atoms with Crippen LogP contribution in [0, 0.1) is 5.92 Å². The molecule has 0 aromatic heterocycles. The van der Waals surface area contributed by atoms with Crippen molar-refractivity contribution in [2.75, 3.05) is 19.7 Å². The minimum absolute atomic E-state index is 0.462. The topological polar surface area (TPSA) is 21.3 Å². The molecule has 1 N–H and O–H groups in total. The number of piperidine rings is 1. The van der Waals surface area contributed by atoms with Gasteiger partial charge in [-0.15, -0.1) is 0 Å². The molecule has 0 aromatic carbocycles. The molecule has 2 heteroatoms.